The smallest absolute Gasteiger partial charge is 0.246 e. The van der Waals surface area contributed by atoms with Crippen molar-refractivity contribution in [3.05, 3.63) is 29.8 Å². The average molecular weight is 1120 g/mol. The zero-order valence-corrected chi connectivity index (χ0v) is 49.1. The van der Waals surface area contributed by atoms with Gasteiger partial charge < -0.3 is 66.8 Å². The molecule has 11 N–H and O–H groups in total. The number of aromatic amines is 1. The zero-order valence-electron chi connectivity index (χ0n) is 46.3. The predicted octanol–water partition coefficient (Wildman–Crippen LogP) is 1.42. The van der Waals surface area contributed by atoms with Crippen molar-refractivity contribution in [1.82, 2.24) is 47.1 Å². The highest BCUT2D eigenvalue weighted by Crippen LogP contribution is 2.41. The van der Waals surface area contributed by atoms with Gasteiger partial charge in [-0.25, -0.2) is 0 Å². The van der Waals surface area contributed by atoms with Gasteiger partial charge in [-0.3, -0.25) is 43.2 Å². The van der Waals surface area contributed by atoms with Crippen LogP contribution in [-0.4, -0.2) is 165 Å². The van der Waals surface area contributed by atoms with E-state index in [0.717, 1.165) is 16.7 Å². The second kappa shape index (κ2) is 25.0. The van der Waals surface area contributed by atoms with Crippen LogP contribution in [-0.2, 0) is 58.4 Å². The number of benzene rings is 1. The van der Waals surface area contributed by atoms with Gasteiger partial charge in [-0.1, -0.05) is 86.9 Å². The highest BCUT2D eigenvalue weighted by Gasteiger charge is 2.48. The van der Waals surface area contributed by atoms with Gasteiger partial charge in [0, 0.05) is 42.0 Å². The van der Waals surface area contributed by atoms with Crippen LogP contribution in [0.25, 0.3) is 10.9 Å². The Morgan fingerprint density at radius 1 is 0.789 bits per heavy atom. The maximum atomic E-state index is 15.5. The molecule has 22 nitrogen and oxygen atoms in total. The quantitative estimate of drug-likeness (QED) is 0.143. The largest absolute Gasteiger partial charge is 0.414 e. The number of amides is 9. The normalized spacial score (nSPS) is 25.9. The fourth-order valence-electron chi connectivity index (χ4n) is 8.70. The maximum Gasteiger partial charge on any atom is 0.246 e. The summed E-state index contributed by atoms with van der Waals surface area (Å²) in [6.45, 7) is 24.4. The predicted molar refractivity (Wildman–Crippen MR) is 292 cm³/mol. The molecular weight excluding hydrogens is 1030 g/mol. The molecule has 1 fully saturated rings. The molecule has 5 rings (SSSR count). The molecule has 0 spiro atoms. The number of hydrogen-bond acceptors (Lipinski definition) is 13. The number of primary amides is 1. The summed E-state index contributed by atoms with van der Waals surface area (Å²) in [7, 11) is -5.19. The Bertz CT molecular complexity index is 2510. The van der Waals surface area contributed by atoms with Gasteiger partial charge in [0.1, 0.15) is 36.3 Å². The minimum absolute atomic E-state index is 0.0249. The van der Waals surface area contributed by atoms with E-state index in [1.54, 1.807) is 45.0 Å². The van der Waals surface area contributed by atoms with Gasteiger partial charge in [0.25, 0.3) is 0 Å². The molecule has 1 aromatic carbocycles. The standard InChI is InChI=1S/C51H82N10O12SSi2/c1-14-27(2)41-46(69)54-22-39(64)55-35-26-74-48-31(30-17-15-16-18-32(30)58-48)20-33(43(66)53-23-40(65)59-41)56-47(70)42(28(3)37(73-76(12,13)51(7,8)9)25-72-75(10,11)50(4,5)6)60-45(68)36-19-29(62)24-61(36)49(71)34(21-38(52)63)57-44(35)67/h15-18,27-29,33-37,41-42,58,62H,14,19-26H2,1-13H3,(H2,52,63)(H,53,66)(H,54,69)(H,55,64)(H,56,70)(H,57,67)(H,59,65)(H,60,68)/t27-,28-,29+,33-,34-,35-,36?,37?,41-,42-/m0/s1. The third-order valence-corrected chi connectivity index (χ3v) is 25.9. The number of H-pyrrole nitrogens is 1. The number of para-hydroxylation sites is 1. The third kappa shape index (κ3) is 15.2. The van der Waals surface area contributed by atoms with E-state index in [4.69, 9.17) is 14.6 Å². The molecule has 25 heteroatoms. The molecule has 2 bridgehead atoms. The SMILES string of the molecule is CC[C@H](C)[C@@H]1NC(=O)CNC(=O)[C@@H]2Cc3c([nH]c4ccccc34)SC[C@H](NC(=O)CNC1=O)C(=O)N[C@@H](CC(N)=O)C(=O)N1C[C@H](O)CC1C(=O)N[C@@H]([C@@H](C)C(CO[Si](C)(C)C(C)(C)C)O[Si](C)(C)C(C)(C)C)C(=O)N2. The number of hydrogen-bond donors (Lipinski definition) is 10. The molecule has 2 aromatic rings. The summed E-state index contributed by atoms with van der Waals surface area (Å²) in [6, 6.07) is -1.59. The zero-order chi connectivity index (χ0) is 56.8. The Kier molecular flexibility index (Phi) is 20.2. The second-order valence-electron chi connectivity index (χ2n) is 23.5. The van der Waals surface area contributed by atoms with Crippen LogP contribution in [0.5, 0.6) is 0 Å². The van der Waals surface area contributed by atoms with Gasteiger partial charge >= 0.3 is 0 Å². The van der Waals surface area contributed by atoms with Gasteiger partial charge in [0.2, 0.25) is 53.2 Å². The number of nitrogens with two attached hydrogens (primary N) is 1. The fraction of sp³-hybridized carbons (Fsp3) is 0.667. The molecule has 76 heavy (non-hydrogen) atoms. The summed E-state index contributed by atoms with van der Waals surface area (Å²) in [4.78, 5) is 133. The first-order valence-corrected chi connectivity index (χ1v) is 32.9. The van der Waals surface area contributed by atoms with Gasteiger partial charge in [0.05, 0.1) is 43.4 Å². The van der Waals surface area contributed by atoms with Gasteiger partial charge in [0.15, 0.2) is 16.6 Å². The van der Waals surface area contributed by atoms with E-state index in [1.165, 1.54) is 0 Å². The summed E-state index contributed by atoms with van der Waals surface area (Å²) < 4.78 is 13.9. The summed E-state index contributed by atoms with van der Waals surface area (Å²) in [5, 5.41) is 30.5. The molecule has 3 aliphatic heterocycles. The van der Waals surface area contributed by atoms with Crippen molar-refractivity contribution < 1.29 is 57.1 Å². The van der Waals surface area contributed by atoms with E-state index >= 15 is 4.79 Å². The summed E-state index contributed by atoms with van der Waals surface area (Å²) in [5.74, 6) is -9.23. The second-order valence-corrected chi connectivity index (χ2v) is 34.1. The van der Waals surface area contributed by atoms with Gasteiger partial charge in [-0.2, -0.15) is 0 Å². The van der Waals surface area contributed by atoms with Crippen LogP contribution in [0.1, 0.15) is 87.1 Å². The number of aliphatic hydroxyl groups is 1. The molecule has 9 amide bonds. The lowest BCUT2D eigenvalue weighted by molar-refractivity contribution is -0.144. The molecule has 0 aliphatic carbocycles. The first-order valence-electron chi connectivity index (χ1n) is 26.1. The van der Waals surface area contributed by atoms with Crippen molar-refractivity contribution in [3.8, 4) is 0 Å². The lowest BCUT2D eigenvalue weighted by Crippen LogP contribution is -2.62. The Morgan fingerprint density at radius 2 is 1.41 bits per heavy atom. The van der Waals surface area contributed by atoms with Crippen LogP contribution >= 0.6 is 11.8 Å². The van der Waals surface area contributed by atoms with E-state index in [9.17, 15) is 43.5 Å². The van der Waals surface area contributed by atoms with E-state index in [-0.39, 0.29) is 35.3 Å². The molecule has 0 saturated carbocycles. The van der Waals surface area contributed by atoms with E-state index < -0.39 is 156 Å². The Morgan fingerprint density at radius 3 is 2.03 bits per heavy atom. The summed E-state index contributed by atoms with van der Waals surface area (Å²) >= 11 is 1.08. The topological polar surface area (TPSA) is 322 Å². The minimum atomic E-state index is -2.70. The lowest BCUT2D eigenvalue weighted by atomic mass is 9.93. The van der Waals surface area contributed by atoms with Crippen molar-refractivity contribution in [3.63, 3.8) is 0 Å². The van der Waals surface area contributed by atoms with E-state index in [2.05, 4.69) is 110 Å². The summed E-state index contributed by atoms with van der Waals surface area (Å²) in [6.07, 6.45) is -2.92. The lowest BCUT2D eigenvalue weighted by Gasteiger charge is -2.44. The fourth-order valence-corrected chi connectivity index (χ4v) is 12.2. The number of nitrogens with zero attached hydrogens (tertiary/aromatic N) is 1. The van der Waals surface area contributed by atoms with Crippen LogP contribution in [0.15, 0.2) is 29.3 Å². The molecule has 1 aromatic heterocycles. The number of thioether (sulfide) groups is 1. The van der Waals surface area contributed by atoms with Crippen molar-refractivity contribution in [2.75, 3.05) is 32.0 Å². The van der Waals surface area contributed by atoms with Crippen molar-refractivity contribution in [2.45, 2.75) is 178 Å². The Hall–Kier alpha value is -5.35. The molecule has 10 atom stereocenters. The Labute approximate surface area is 452 Å². The van der Waals surface area contributed by atoms with Gasteiger partial charge in [-0.15, -0.1) is 11.8 Å². The minimum Gasteiger partial charge on any atom is -0.414 e. The average Bonchev–Trinajstić information content (AvgIpc) is 3.90. The van der Waals surface area contributed by atoms with E-state index in [1.807, 2.05) is 0 Å². The number of aliphatic hydroxyl groups excluding tert-OH is 1. The molecule has 2 unspecified atom stereocenters. The number of nitrogens with one attached hydrogen (secondary N) is 8. The number of rotatable bonds is 11. The Balaban J connectivity index is 1.75. The highest BCUT2D eigenvalue weighted by atomic mass is 32.2. The number of aromatic nitrogens is 1. The molecule has 422 valence electrons. The van der Waals surface area contributed by atoms with Crippen LogP contribution < -0.4 is 43.0 Å². The van der Waals surface area contributed by atoms with Crippen LogP contribution in [0.2, 0.25) is 36.3 Å². The first-order chi connectivity index (χ1) is 35.2. The molecule has 0 radical (unpaired) electrons. The molecule has 4 heterocycles. The third-order valence-electron chi connectivity index (χ3n) is 15.8. The highest BCUT2D eigenvalue weighted by molar-refractivity contribution is 7.99. The summed E-state index contributed by atoms with van der Waals surface area (Å²) in [5.41, 5.74) is 6.79. The molecule has 3 aliphatic rings. The van der Waals surface area contributed by atoms with Crippen LogP contribution in [0, 0.1) is 11.8 Å². The van der Waals surface area contributed by atoms with Gasteiger partial charge in [-0.05, 0) is 53.8 Å². The first kappa shape index (κ1) is 61.5. The van der Waals surface area contributed by atoms with Crippen molar-refractivity contribution >= 4 is 92.5 Å². The van der Waals surface area contributed by atoms with Crippen LogP contribution in [0.3, 0.4) is 0 Å². The van der Waals surface area contributed by atoms with Crippen LogP contribution in [0.4, 0.5) is 0 Å². The number of carbonyl (C=O) groups excluding carboxylic acids is 9. The number of carbonyl (C=O) groups is 9. The molecular formula is C51H82N10O12SSi2. The van der Waals surface area contributed by atoms with E-state index in [0.29, 0.717) is 27.9 Å². The van der Waals surface area contributed by atoms with Crippen molar-refractivity contribution in [1.29, 1.82) is 0 Å². The maximum absolute atomic E-state index is 15.5. The number of fused-ring (bicyclic) bond motifs is 5. The molecule has 1 saturated heterocycles. The van der Waals surface area contributed by atoms with Crippen molar-refractivity contribution in [2.24, 2.45) is 17.6 Å². The monoisotopic (exact) mass is 1110 g/mol.